The highest BCUT2D eigenvalue weighted by Gasteiger charge is 2.08. The summed E-state index contributed by atoms with van der Waals surface area (Å²) in [6.07, 6.45) is 1.32. The number of hydrogen-bond donors (Lipinski definition) is 0. The van der Waals surface area contributed by atoms with E-state index >= 15 is 0 Å². The third-order valence-electron chi connectivity index (χ3n) is 1.17. The van der Waals surface area contributed by atoms with E-state index in [9.17, 15) is 4.79 Å². The van der Waals surface area contributed by atoms with Gasteiger partial charge < -0.3 is 4.74 Å². The zero-order chi connectivity index (χ0) is 9.56. The Morgan fingerprint density at radius 3 is 2.58 bits per heavy atom. The molecule has 3 heteroatoms. The first kappa shape index (κ1) is 10.6. The van der Waals surface area contributed by atoms with Gasteiger partial charge in [-0.05, 0) is 13.8 Å². The van der Waals surface area contributed by atoms with Crippen molar-refractivity contribution in [3.63, 3.8) is 0 Å². The minimum Gasteiger partial charge on any atom is -0.477 e. The van der Waals surface area contributed by atoms with Crippen LogP contribution in [-0.4, -0.2) is 18.3 Å². The molecule has 0 aliphatic rings. The molecule has 0 amide bonds. The van der Waals surface area contributed by atoms with E-state index in [0.29, 0.717) is 6.61 Å². The van der Waals surface area contributed by atoms with Crippen LogP contribution in [0, 0.1) is 0 Å². The van der Waals surface area contributed by atoms with Gasteiger partial charge in [-0.15, -0.1) is 0 Å². The maximum atomic E-state index is 10.8. The van der Waals surface area contributed by atoms with Gasteiger partial charge in [-0.1, -0.05) is 13.2 Å². The third kappa shape index (κ3) is 3.14. The van der Waals surface area contributed by atoms with Crippen LogP contribution in [0.5, 0.6) is 0 Å². The minimum absolute atomic E-state index is 0.149. The quantitative estimate of drug-likeness (QED) is 0.363. The summed E-state index contributed by atoms with van der Waals surface area (Å²) in [5.74, 6) is 0.101. The number of carbonyl (C=O) groups excluding carboxylic acids is 1. The lowest BCUT2D eigenvalue weighted by molar-refractivity contribution is -0.113. The maximum absolute atomic E-state index is 10.8. The molecular formula is C9H13NO2. The number of ether oxygens (including phenoxy) is 1. The van der Waals surface area contributed by atoms with Gasteiger partial charge in [-0.3, -0.25) is 4.79 Å². The molecule has 0 unspecified atom stereocenters. The molecule has 0 fully saturated rings. The molecule has 12 heavy (non-hydrogen) atoms. The fourth-order valence-electron chi connectivity index (χ4n) is 0.573. The summed E-state index contributed by atoms with van der Waals surface area (Å²) in [5, 5.41) is 0. The Balaban J connectivity index is 4.51. The lowest BCUT2D eigenvalue weighted by atomic mass is 10.2. The Hall–Kier alpha value is -1.38. The molecule has 0 rings (SSSR count). The van der Waals surface area contributed by atoms with E-state index in [-0.39, 0.29) is 17.3 Å². The Morgan fingerprint density at radius 1 is 1.67 bits per heavy atom. The van der Waals surface area contributed by atoms with Crippen LogP contribution in [0.25, 0.3) is 0 Å². The van der Waals surface area contributed by atoms with Crippen molar-refractivity contribution < 1.29 is 9.53 Å². The summed E-state index contributed by atoms with van der Waals surface area (Å²) in [6, 6.07) is 0. The molecule has 0 aromatic carbocycles. The van der Waals surface area contributed by atoms with Crippen molar-refractivity contribution in [2.24, 2.45) is 4.99 Å². The largest absolute Gasteiger partial charge is 0.477 e. The lowest BCUT2D eigenvalue weighted by Crippen LogP contribution is -2.12. The van der Waals surface area contributed by atoms with E-state index < -0.39 is 0 Å². The maximum Gasteiger partial charge on any atom is 0.223 e. The van der Waals surface area contributed by atoms with Gasteiger partial charge in [0.25, 0.3) is 0 Å². The van der Waals surface area contributed by atoms with Crippen molar-refractivity contribution in [3.8, 4) is 0 Å². The lowest BCUT2D eigenvalue weighted by Gasteiger charge is -2.05. The van der Waals surface area contributed by atoms with Gasteiger partial charge >= 0.3 is 0 Å². The van der Waals surface area contributed by atoms with Crippen molar-refractivity contribution in [1.82, 2.24) is 0 Å². The highest BCUT2D eigenvalue weighted by Crippen LogP contribution is 1.99. The smallest absolute Gasteiger partial charge is 0.223 e. The number of ketones is 1. The van der Waals surface area contributed by atoms with Crippen LogP contribution >= 0.6 is 0 Å². The Labute approximate surface area is 72.4 Å². The Bertz CT molecular complexity index is 229. The van der Waals surface area contributed by atoms with Crippen LogP contribution in [0.3, 0.4) is 0 Å². The SMILES string of the molecule is C=CN=C(OCC)C(=C)C(C)=O. The number of Topliss-reactive ketones (excluding diaryl/α,β-unsaturated/α-hetero) is 1. The molecule has 0 aliphatic carbocycles. The summed E-state index contributed by atoms with van der Waals surface area (Å²) in [7, 11) is 0. The van der Waals surface area contributed by atoms with Crippen LogP contribution in [0.4, 0.5) is 0 Å². The van der Waals surface area contributed by atoms with Crippen LogP contribution < -0.4 is 0 Å². The number of aliphatic imine (C=N–C) groups is 1. The molecule has 0 aromatic heterocycles. The van der Waals surface area contributed by atoms with E-state index in [0.717, 1.165) is 0 Å². The molecule has 0 aromatic rings. The van der Waals surface area contributed by atoms with Gasteiger partial charge in [0.1, 0.15) is 0 Å². The topological polar surface area (TPSA) is 38.7 Å². The molecule has 3 nitrogen and oxygen atoms in total. The summed E-state index contributed by atoms with van der Waals surface area (Å²) in [6.45, 7) is 10.6. The molecule has 0 bridgehead atoms. The fraction of sp³-hybridized carbons (Fsp3) is 0.333. The van der Waals surface area contributed by atoms with Crippen LogP contribution in [-0.2, 0) is 9.53 Å². The molecule has 0 atom stereocenters. The summed E-state index contributed by atoms with van der Waals surface area (Å²) in [4.78, 5) is 14.6. The van der Waals surface area contributed by atoms with Crippen molar-refractivity contribution in [2.75, 3.05) is 6.61 Å². The molecule has 0 spiro atoms. The monoisotopic (exact) mass is 167 g/mol. The zero-order valence-electron chi connectivity index (χ0n) is 7.46. The molecule has 66 valence electrons. The van der Waals surface area contributed by atoms with E-state index in [1.807, 2.05) is 6.92 Å². The van der Waals surface area contributed by atoms with Crippen molar-refractivity contribution in [3.05, 3.63) is 24.9 Å². The number of carbonyl (C=O) groups is 1. The Morgan fingerprint density at radius 2 is 2.25 bits per heavy atom. The highest BCUT2D eigenvalue weighted by molar-refractivity contribution is 6.18. The second-order valence-electron chi connectivity index (χ2n) is 2.08. The number of rotatable bonds is 4. The van der Waals surface area contributed by atoms with E-state index in [4.69, 9.17) is 4.74 Å². The van der Waals surface area contributed by atoms with E-state index in [2.05, 4.69) is 18.2 Å². The normalized spacial score (nSPS) is 10.7. The highest BCUT2D eigenvalue weighted by atomic mass is 16.5. The van der Waals surface area contributed by atoms with Crippen molar-refractivity contribution in [2.45, 2.75) is 13.8 Å². The minimum atomic E-state index is -0.149. The molecule has 0 N–H and O–H groups in total. The van der Waals surface area contributed by atoms with Gasteiger partial charge in [0.05, 0.1) is 12.2 Å². The first-order valence-electron chi connectivity index (χ1n) is 3.65. The van der Waals surface area contributed by atoms with Crippen LogP contribution in [0.2, 0.25) is 0 Å². The first-order chi connectivity index (χ1) is 5.63. The standard InChI is InChI=1S/C9H13NO2/c1-5-10-9(12-6-2)7(3)8(4)11/h5H,1,3,6H2,2,4H3. The average Bonchev–Trinajstić information content (AvgIpc) is 2.03. The summed E-state index contributed by atoms with van der Waals surface area (Å²) >= 11 is 0. The molecule has 0 aliphatic heterocycles. The van der Waals surface area contributed by atoms with E-state index in [1.54, 1.807) is 0 Å². The molecule has 0 saturated heterocycles. The summed E-state index contributed by atoms with van der Waals surface area (Å²) in [5.41, 5.74) is 0.275. The second kappa shape index (κ2) is 5.29. The van der Waals surface area contributed by atoms with Crippen molar-refractivity contribution >= 4 is 11.7 Å². The predicted octanol–water partition coefficient (Wildman–Crippen LogP) is 1.71. The molecule has 0 radical (unpaired) electrons. The third-order valence-corrected chi connectivity index (χ3v) is 1.17. The van der Waals surface area contributed by atoms with Gasteiger partial charge in [-0.25, -0.2) is 4.99 Å². The molecular weight excluding hydrogens is 154 g/mol. The van der Waals surface area contributed by atoms with Crippen LogP contribution in [0.1, 0.15) is 13.8 Å². The first-order valence-corrected chi connectivity index (χ1v) is 3.65. The van der Waals surface area contributed by atoms with E-state index in [1.165, 1.54) is 13.1 Å². The molecule has 0 saturated carbocycles. The zero-order valence-corrected chi connectivity index (χ0v) is 7.46. The number of hydrogen-bond acceptors (Lipinski definition) is 3. The predicted molar refractivity (Wildman–Crippen MR) is 49.1 cm³/mol. The Kier molecular flexibility index (Phi) is 4.69. The summed E-state index contributed by atoms with van der Waals surface area (Å²) < 4.78 is 5.06. The van der Waals surface area contributed by atoms with Gasteiger partial charge in [-0.2, -0.15) is 0 Å². The molecule has 0 heterocycles. The van der Waals surface area contributed by atoms with Crippen LogP contribution in [0.15, 0.2) is 29.9 Å². The van der Waals surface area contributed by atoms with Gasteiger partial charge in [0.15, 0.2) is 5.78 Å². The van der Waals surface area contributed by atoms with Gasteiger partial charge in [0.2, 0.25) is 5.90 Å². The van der Waals surface area contributed by atoms with Crippen molar-refractivity contribution in [1.29, 1.82) is 0 Å². The van der Waals surface area contributed by atoms with Gasteiger partial charge in [0, 0.05) is 6.20 Å². The number of nitrogens with zero attached hydrogens (tertiary/aromatic N) is 1. The fourth-order valence-corrected chi connectivity index (χ4v) is 0.573. The average molecular weight is 167 g/mol. The second-order valence-corrected chi connectivity index (χ2v) is 2.08.